The van der Waals surface area contributed by atoms with Crippen LogP contribution in [0, 0.1) is 0 Å². The van der Waals surface area contributed by atoms with Crippen LogP contribution in [0.5, 0.6) is 0 Å². The lowest BCUT2D eigenvalue weighted by atomic mass is 10.1. The summed E-state index contributed by atoms with van der Waals surface area (Å²) in [6, 6.07) is 0. The quantitative estimate of drug-likeness (QED) is 0.446. The van der Waals surface area contributed by atoms with Crippen LogP contribution in [-0.2, 0) is 24.5 Å². The van der Waals surface area contributed by atoms with Crippen LogP contribution < -0.4 is 11.1 Å². The van der Waals surface area contributed by atoms with Gasteiger partial charge < -0.3 is 16.0 Å². The van der Waals surface area contributed by atoms with Gasteiger partial charge in [0.05, 0.1) is 11.3 Å². The molecule has 10 heteroatoms. The van der Waals surface area contributed by atoms with Crippen molar-refractivity contribution in [1.82, 2.24) is 10.2 Å². The van der Waals surface area contributed by atoms with E-state index in [0.717, 1.165) is 12.2 Å². The minimum absolute atomic E-state index is 0.00926. The molecule has 0 aliphatic rings. The monoisotopic (exact) mass is 377 g/mol. The molecule has 0 heterocycles. The van der Waals surface area contributed by atoms with E-state index in [2.05, 4.69) is 30.8 Å². The Labute approximate surface area is 149 Å². The average molecular weight is 377 g/mol. The van der Waals surface area contributed by atoms with E-state index in [-0.39, 0.29) is 5.91 Å². The fourth-order valence-electron chi connectivity index (χ4n) is 1.01. The van der Waals surface area contributed by atoms with Crippen LogP contribution in [-0.4, -0.2) is 53.9 Å². The summed E-state index contributed by atoms with van der Waals surface area (Å²) >= 11 is 0. The lowest BCUT2D eigenvalue weighted by Crippen LogP contribution is -2.47. The van der Waals surface area contributed by atoms with E-state index in [1.54, 1.807) is 7.05 Å². The van der Waals surface area contributed by atoms with Crippen LogP contribution in [0.3, 0.4) is 0 Å². The highest BCUT2D eigenvalue weighted by Gasteiger charge is 2.25. The van der Waals surface area contributed by atoms with Crippen molar-refractivity contribution in [2.45, 2.75) is 26.3 Å². The Balaban J connectivity index is -0.000000337. The maximum atomic E-state index is 10.8. The van der Waals surface area contributed by atoms with Gasteiger partial charge >= 0.3 is 0 Å². The molecule has 25 heavy (non-hydrogen) atoms. The Bertz CT molecular complexity index is 596. The van der Waals surface area contributed by atoms with Crippen LogP contribution >= 0.6 is 0 Å². The summed E-state index contributed by atoms with van der Waals surface area (Å²) in [5, 5.41) is 2.37. The molecule has 0 aromatic rings. The van der Waals surface area contributed by atoms with E-state index in [1.807, 2.05) is 0 Å². The number of nitrogens with two attached hydrogens (primary N) is 1. The van der Waals surface area contributed by atoms with Crippen molar-refractivity contribution >= 4 is 27.8 Å². The Morgan fingerprint density at radius 2 is 1.60 bits per heavy atom. The van der Waals surface area contributed by atoms with Crippen molar-refractivity contribution < 1.29 is 27.4 Å². The third-order valence-electron chi connectivity index (χ3n) is 2.16. The minimum atomic E-state index is -4.08. The molecule has 144 valence electrons. The standard InChI is InChI=1S/C7H13NO4S.C5H9NO.C3H5NO/c1-4-6(9)8-7(2,3)5-13(10,11)12;1-4-6(3)5(2)7;1-2-3(4)5/h4H,1,5H2,2-3H3,(H,8,9)(H,10,11,12);4H,1H2,2-3H3;2H,1H2,(H2,4,5). The van der Waals surface area contributed by atoms with E-state index in [1.165, 1.54) is 31.9 Å². The fourth-order valence-corrected chi connectivity index (χ4v) is 1.99. The van der Waals surface area contributed by atoms with Crippen molar-refractivity contribution in [2.75, 3.05) is 12.8 Å². The Morgan fingerprint density at radius 1 is 1.20 bits per heavy atom. The second-order valence-electron chi connectivity index (χ2n) is 5.22. The van der Waals surface area contributed by atoms with Crippen LogP contribution in [0.2, 0.25) is 0 Å². The van der Waals surface area contributed by atoms with Crippen molar-refractivity contribution in [3.8, 4) is 0 Å². The van der Waals surface area contributed by atoms with Crippen LogP contribution in [0.15, 0.2) is 38.1 Å². The second-order valence-corrected chi connectivity index (χ2v) is 6.68. The third-order valence-corrected chi connectivity index (χ3v) is 3.25. The zero-order chi connectivity index (χ0) is 20.8. The SMILES string of the molecule is C=CC(=O)NC(C)(C)CS(=O)(=O)O.C=CC(N)=O.C=CN(C)C(C)=O. The van der Waals surface area contributed by atoms with Crippen molar-refractivity contribution in [2.24, 2.45) is 5.73 Å². The molecule has 9 nitrogen and oxygen atoms in total. The summed E-state index contributed by atoms with van der Waals surface area (Å²) in [6.45, 7) is 14.2. The molecule has 0 rings (SSSR count). The molecular formula is C15H27N3O6S. The van der Waals surface area contributed by atoms with Crippen LogP contribution in [0.1, 0.15) is 20.8 Å². The fraction of sp³-hybridized carbons (Fsp3) is 0.400. The van der Waals surface area contributed by atoms with Crippen molar-refractivity contribution in [3.63, 3.8) is 0 Å². The molecule has 0 aromatic heterocycles. The highest BCUT2D eigenvalue weighted by Crippen LogP contribution is 2.05. The van der Waals surface area contributed by atoms with E-state index >= 15 is 0 Å². The molecule has 0 saturated carbocycles. The first kappa shape index (κ1) is 27.4. The zero-order valence-corrected chi connectivity index (χ0v) is 15.8. The largest absolute Gasteiger partial charge is 0.366 e. The van der Waals surface area contributed by atoms with Crippen molar-refractivity contribution in [1.29, 1.82) is 0 Å². The summed E-state index contributed by atoms with van der Waals surface area (Å²) in [7, 11) is -2.42. The number of rotatable bonds is 6. The predicted octanol–water partition coefficient (Wildman–Crippen LogP) is 0.221. The summed E-state index contributed by atoms with van der Waals surface area (Å²) in [5.41, 5.74) is 3.53. The first-order valence-electron chi connectivity index (χ1n) is 6.79. The van der Waals surface area contributed by atoms with Gasteiger partial charge in [-0.05, 0) is 32.2 Å². The molecule has 4 N–H and O–H groups in total. The molecule has 3 amide bonds. The van der Waals surface area contributed by atoms with Gasteiger partial charge in [-0.1, -0.05) is 19.7 Å². The lowest BCUT2D eigenvalue weighted by molar-refractivity contribution is -0.125. The van der Waals surface area contributed by atoms with Gasteiger partial charge in [0.15, 0.2) is 0 Å². The van der Waals surface area contributed by atoms with Gasteiger partial charge in [-0.2, -0.15) is 8.42 Å². The Hall–Kier alpha value is -2.46. The molecule has 0 atom stereocenters. The van der Waals surface area contributed by atoms with Gasteiger partial charge in [0.1, 0.15) is 0 Å². The maximum absolute atomic E-state index is 10.8. The first-order valence-corrected chi connectivity index (χ1v) is 8.40. The van der Waals surface area contributed by atoms with E-state index in [0.29, 0.717) is 0 Å². The number of carbonyl (C=O) groups excluding carboxylic acids is 3. The van der Waals surface area contributed by atoms with E-state index in [4.69, 9.17) is 4.55 Å². The summed E-state index contributed by atoms with van der Waals surface area (Å²) < 4.78 is 29.5. The highest BCUT2D eigenvalue weighted by molar-refractivity contribution is 7.85. The third kappa shape index (κ3) is 23.9. The second kappa shape index (κ2) is 12.9. The molecule has 0 fully saturated rings. The van der Waals surface area contributed by atoms with Crippen LogP contribution in [0.25, 0.3) is 0 Å². The molecule has 0 aliphatic heterocycles. The van der Waals surface area contributed by atoms with E-state index in [9.17, 15) is 22.8 Å². The van der Waals surface area contributed by atoms with E-state index < -0.39 is 33.2 Å². The molecule has 0 bridgehead atoms. The zero-order valence-electron chi connectivity index (χ0n) is 15.0. The summed E-state index contributed by atoms with van der Waals surface area (Å²) in [4.78, 5) is 31.9. The van der Waals surface area contributed by atoms with Gasteiger partial charge in [0.2, 0.25) is 17.7 Å². The normalized spacial score (nSPS) is 9.80. The predicted molar refractivity (Wildman–Crippen MR) is 96.9 cm³/mol. The van der Waals surface area contributed by atoms with Crippen molar-refractivity contribution in [3.05, 3.63) is 38.1 Å². The maximum Gasteiger partial charge on any atom is 0.267 e. The number of amides is 3. The smallest absolute Gasteiger partial charge is 0.267 e. The molecule has 0 aromatic carbocycles. The number of hydrogen-bond acceptors (Lipinski definition) is 5. The molecule has 0 unspecified atom stereocenters. The molecule has 0 radical (unpaired) electrons. The molecule has 0 aliphatic carbocycles. The number of hydrogen-bond donors (Lipinski definition) is 3. The number of carbonyl (C=O) groups is 3. The van der Waals surface area contributed by atoms with Gasteiger partial charge in [-0.3, -0.25) is 18.9 Å². The Kier molecular flexibility index (Phi) is 14.1. The average Bonchev–Trinajstić information content (AvgIpc) is 2.44. The topological polar surface area (TPSA) is 147 Å². The van der Waals surface area contributed by atoms with Gasteiger partial charge in [-0.25, -0.2) is 0 Å². The van der Waals surface area contributed by atoms with Crippen LogP contribution in [0.4, 0.5) is 0 Å². The molecular weight excluding hydrogens is 350 g/mol. The molecule has 0 saturated heterocycles. The lowest BCUT2D eigenvalue weighted by Gasteiger charge is -2.23. The number of nitrogens with one attached hydrogen (secondary N) is 1. The first-order chi connectivity index (χ1) is 11.1. The number of primary amides is 1. The van der Waals surface area contributed by atoms with Gasteiger partial charge in [-0.15, -0.1) is 0 Å². The molecule has 0 spiro atoms. The minimum Gasteiger partial charge on any atom is -0.366 e. The Morgan fingerprint density at radius 3 is 1.76 bits per heavy atom. The summed E-state index contributed by atoms with van der Waals surface area (Å²) in [6.07, 6.45) is 3.56. The number of nitrogens with zero attached hydrogens (tertiary/aromatic N) is 1. The highest BCUT2D eigenvalue weighted by atomic mass is 32.2. The van der Waals surface area contributed by atoms with Gasteiger partial charge in [0, 0.05) is 14.0 Å². The summed E-state index contributed by atoms with van der Waals surface area (Å²) in [5.74, 6) is -1.48. The van der Waals surface area contributed by atoms with Gasteiger partial charge in [0.25, 0.3) is 10.1 Å².